The number of ether oxygens (including phenoxy) is 2. The minimum absolute atomic E-state index is 0.351. The maximum atomic E-state index is 11.9. The Bertz CT molecular complexity index is 497. The van der Waals surface area contributed by atoms with Crippen molar-refractivity contribution in [3.63, 3.8) is 0 Å². The quantitative estimate of drug-likeness (QED) is 0.787. The standard InChI is InChI=1S/C12H13NO4/c1-7(14)17-12(2)9-6-8(16-3)4-5-10(9)13-11(12)15/h4-6H,1-3H3,(H,13,15). The molecule has 1 aromatic rings. The first-order valence-corrected chi connectivity index (χ1v) is 5.17. The van der Waals surface area contributed by atoms with Crippen LogP contribution in [-0.2, 0) is 19.9 Å². The normalized spacial score (nSPS) is 21.7. The van der Waals surface area contributed by atoms with Crippen LogP contribution in [0.4, 0.5) is 5.69 Å². The van der Waals surface area contributed by atoms with E-state index in [-0.39, 0.29) is 5.91 Å². The topological polar surface area (TPSA) is 64.6 Å². The van der Waals surface area contributed by atoms with E-state index in [4.69, 9.17) is 9.47 Å². The lowest BCUT2D eigenvalue weighted by atomic mass is 9.97. The largest absolute Gasteiger partial charge is 0.497 e. The number of amides is 1. The molecule has 0 bridgehead atoms. The Morgan fingerprint density at radius 3 is 2.71 bits per heavy atom. The predicted molar refractivity (Wildman–Crippen MR) is 60.7 cm³/mol. The highest BCUT2D eigenvalue weighted by Gasteiger charge is 2.46. The van der Waals surface area contributed by atoms with Crippen molar-refractivity contribution in [2.45, 2.75) is 19.4 Å². The summed E-state index contributed by atoms with van der Waals surface area (Å²) < 4.78 is 10.2. The summed E-state index contributed by atoms with van der Waals surface area (Å²) in [4.78, 5) is 22.9. The molecule has 1 amide bonds. The fourth-order valence-corrected chi connectivity index (χ4v) is 1.91. The number of anilines is 1. The van der Waals surface area contributed by atoms with E-state index in [1.165, 1.54) is 14.0 Å². The summed E-state index contributed by atoms with van der Waals surface area (Å²) in [5, 5.41) is 2.67. The SMILES string of the molecule is COc1ccc2c(c1)C(C)(OC(C)=O)C(=O)N2. The molecule has 0 spiro atoms. The summed E-state index contributed by atoms with van der Waals surface area (Å²) in [7, 11) is 1.54. The molecule has 90 valence electrons. The van der Waals surface area contributed by atoms with Gasteiger partial charge >= 0.3 is 5.97 Å². The maximum absolute atomic E-state index is 11.9. The maximum Gasteiger partial charge on any atom is 0.304 e. The van der Waals surface area contributed by atoms with E-state index in [1.54, 1.807) is 25.1 Å². The first kappa shape index (κ1) is 11.4. The summed E-state index contributed by atoms with van der Waals surface area (Å²) in [6.07, 6.45) is 0. The van der Waals surface area contributed by atoms with Gasteiger partial charge in [0, 0.05) is 18.2 Å². The van der Waals surface area contributed by atoms with Crippen LogP contribution >= 0.6 is 0 Å². The van der Waals surface area contributed by atoms with Gasteiger partial charge in [-0.2, -0.15) is 0 Å². The van der Waals surface area contributed by atoms with Gasteiger partial charge in [-0.15, -0.1) is 0 Å². The second kappa shape index (κ2) is 3.76. The van der Waals surface area contributed by atoms with Crippen molar-refractivity contribution in [2.75, 3.05) is 12.4 Å². The fourth-order valence-electron chi connectivity index (χ4n) is 1.91. The van der Waals surface area contributed by atoms with Gasteiger partial charge in [0.1, 0.15) is 5.75 Å². The van der Waals surface area contributed by atoms with Crippen LogP contribution in [0.2, 0.25) is 0 Å². The Labute approximate surface area is 98.7 Å². The molecule has 17 heavy (non-hydrogen) atoms. The summed E-state index contributed by atoms with van der Waals surface area (Å²) in [5.41, 5.74) is -0.0352. The van der Waals surface area contributed by atoms with Gasteiger partial charge in [0.15, 0.2) is 0 Å². The van der Waals surface area contributed by atoms with Gasteiger partial charge in [0.2, 0.25) is 5.60 Å². The third-order valence-electron chi connectivity index (χ3n) is 2.77. The van der Waals surface area contributed by atoms with Gasteiger partial charge in [-0.05, 0) is 25.1 Å². The van der Waals surface area contributed by atoms with Crippen molar-refractivity contribution in [1.29, 1.82) is 0 Å². The van der Waals surface area contributed by atoms with Gasteiger partial charge in [-0.3, -0.25) is 9.59 Å². The van der Waals surface area contributed by atoms with Gasteiger partial charge in [0.25, 0.3) is 5.91 Å². The lowest BCUT2D eigenvalue weighted by molar-refractivity contribution is -0.162. The average Bonchev–Trinajstić information content (AvgIpc) is 2.50. The van der Waals surface area contributed by atoms with Crippen LogP contribution in [0.5, 0.6) is 5.75 Å². The van der Waals surface area contributed by atoms with E-state index >= 15 is 0 Å². The minimum Gasteiger partial charge on any atom is -0.497 e. The average molecular weight is 235 g/mol. The van der Waals surface area contributed by atoms with E-state index in [2.05, 4.69) is 5.32 Å². The summed E-state index contributed by atoms with van der Waals surface area (Å²) in [6.45, 7) is 2.84. The Balaban J connectivity index is 2.51. The first-order valence-electron chi connectivity index (χ1n) is 5.17. The van der Waals surface area contributed by atoms with Crippen LogP contribution in [-0.4, -0.2) is 19.0 Å². The molecule has 0 aliphatic carbocycles. The molecule has 0 aromatic heterocycles. The zero-order valence-corrected chi connectivity index (χ0v) is 9.87. The van der Waals surface area contributed by atoms with Gasteiger partial charge < -0.3 is 14.8 Å². The van der Waals surface area contributed by atoms with Gasteiger partial charge in [-0.1, -0.05) is 0 Å². The second-order valence-corrected chi connectivity index (χ2v) is 3.99. The molecule has 1 atom stereocenters. The molecule has 0 radical (unpaired) electrons. The Morgan fingerprint density at radius 2 is 2.12 bits per heavy atom. The van der Waals surface area contributed by atoms with Crippen molar-refractivity contribution in [3.8, 4) is 5.75 Å². The molecule has 2 rings (SSSR count). The molecule has 1 N–H and O–H groups in total. The molecule has 5 heteroatoms. The number of nitrogens with one attached hydrogen (secondary N) is 1. The molecule has 0 saturated carbocycles. The van der Waals surface area contributed by atoms with Crippen LogP contribution < -0.4 is 10.1 Å². The van der Waals surface area contributed by atoms with Crippen molar-refractivity contribution in [2.24, 2.45) is 0 Å². The lowest BCUT2D eigenvalue weighted by Gasteiger charge is -2.21. The Kier molecular flexibility index (Phi) is 2.53. The molecular weight excluding hydrogens is 222 g/mol. The molecule has 1 heterocycles. The Morgan fingerprint density at radius 1 is 1.41 bits per heavy atom. The first-order chi connectivity index (χ1) is 7.97. The number of carbonyl (C=O) groups is 2. The van der Waals surface area contributed by atoms with Crippen LogP contribution in [0.15, 0.2) is 18.2 Å². The van der Waals surface area contributed by atoms with Crippen molar-refractivity contribution in [3.05, 3.63) is 23.8 Å². The molecule has 1 unspecified atom stereocenters. The number of rotatable bonds is 2. The number of methoxy groups -OCH3 is 1. The van der Waals surface area contributed by atoms with Crippen LogP contribution in [0.25, 0.3) is 0 Å². The van der Waals surface area contributed by atoms with Crippen LogP contribution in [0, 0.1) is 0 Å². The number of esters is 1. The number of carbonyl (C=O) groups excluding carboxylic acids is 2. The minimum atomic E-state index is -1.28. The molecule has 1 aliphatic rings. The number of hydrogen-bond donors (Lipinski definition) is 1. The molecule has 1 aliphatic heterocycles. The predicted octanol–water partition coefficient (Wildman–Crippen LogP) is 1.43. The number of fused-ring (bicyclic) bond motifs is 1. The molecular formula is C12H13NO4. The van der Waals surface area contributed by atoms with E-state index in [9.17, 15) is 9.59 Å². The van der Waals surface area contributed by atoms with Crippen molar-refractivity contribution in [1.82, 2.24) is 0 Å². The monoisotopic (exact) mass is 235 g/mol. The zero-order valence-electron chi connectivity index (χ0n) is 9.87. The lowest BCUT2D eigenvalue weighted by Crippen LogP contribution is -2.35. The Hall–Kier alpha value is -2.04. The molecule has 1 aromatic carbocycles. The van der Waals surface area contributed by atoms with Crippen LogP contribution in [0.3, 0.4) is 0 Å². The van der Waals surface area contributed by atoms with Gasteiger partial charge in [-0.25, -0.2) is 0 Å². The molecule has 0 saturated heterocycles. The van der Waals surface area contributed by atoms with E-state index in [1.807, 2.05) is 0 Å². The van der Waals surface area contributed by atoms with E-state index < -0.39 is 11.6 Å². The highest BCUT2D eigenvalue weighted by Crippen LogP contribution is 2.40. The second-order valence-electron chi connectivity index (χ2n) is 3.99. The van der Waals surface area contributed by atoms with E-state index in [0.29, 0.717) is 17.0 Å². The van der Waals surface area contributed by atoms with Gasteiger partial charge in [0.05, 0.1) is 7.11 Å². The van der Waals surface area contributed by atoms with Crippen molar-refractivity contribution < 1.29 is 19.1 Å². The number of benzene rings is 1. The van der Waals surface area contributed by atoms with Crippen molar-refractivity contribution >= 4 is 17.6 Å². The third-order valence-corrected chi connectivity index (χ3v) is 2.77. The number of hydrogen-bond acceptors (Lipinski definition) is 4. The highest BCUT2D eigenvalue weighted by molar-refractivity contribution is 6.05. The third kappa shape index (κ3) is 1.73. The summed E-state index contributed by atoms with van der Waals surface area (Å²) in [6, 6.07) is 5.15. The summed E-state index contributed by atoms with van der Waals surface area (Å²) >= 11 is 0. The van der Waals surface area contributed by atoms with E-state index in [0.717, 1.165) is 0 Å². The zero-order chi connectivity index (χ0) is 12.6. The van der Waals surface area contributed by atoms with Crippen LogP contribution in [0.1, 0.15) is 19.4 Å². The fraction of sp³-hybridized carbons (Fsp3) is 0.333. The highest BCUT2D eigenvalue weighted by atomic mass is 16.6. The molecule has 0 fully saturated rings. The smallest absolute Gasteiger partial charge is 0.304 e. The molecule has 5 nitrogen and oxygen atoms in total. The summed E-state index contributed by atoms with van der Waals surface area (Å²) in [5.74, 6) is -0.243.